The fourth-order valence-corrected chi connectivity index (χ4v) is 6.55. The van der Waals surface area contributed by atoms with E-state index >= 15 is 0 Å². The number of rotatable bonds is 9. The quantitative estimate of drug-likeness (QED) is 0.277. The molecule has 1 saturated carbocycles. The number of pyridine rings is 1. The van der Waals surface area contributed by atoms with E-state index < -0.39 is 0 Å². The number of piperidine rings is 1. The van der Waals surface area contributed by atoms with Gasteiger partial charge < -0.3 is 20.4 Å². The van der Waals surface area contributed by atoms with E-state index in [4.69, 9.17) is 11.6 Å². The Bertz CT molecular complexity index is 1090. The van der Waals surface area contributed by atoms with Crippen LogP contribution in [0.2, 0.25) is 5.15 Å². The first-order valence-corrected chi connectivity index (χ1v) is 15.5. The van der Waals surface area contributed by atoms with E-state index in [1.54, 1.807) is 6.07 Å². The highest BCUT2D eigenvalue weighted by molar-refractivity contribution is 6.29. The first-order chi connectivity index (χ1) is 19.3. The van der Waals surface area contributed by atoms with E-state index in [1.165, 1.54) is 31.2 Å². The molecule has 4 rings (SSSR count). The number of carbonyl (C=O) groups is 2. The third kappa shape index (κ3) is 8.43. The van der Waals surface area contributed by atoms with E-state index in [1.807, 2.05) is 32.0 Å². The molecule has 1 aliphatic heterocycles. The number of nitrogens with one attached hydrogen (secondary N) is 2. The maximum absolute atomic E-state index is 13.6. The molecule has 0 spiro atoms. The monoisotopic (exact) mass is 567 g/mol. The molecule has 1 saturated heterocycles. The van der Waals surface area contributed by atoms with E-state index in [2.05, 4.69) is 44.5 Å². The van der Waals surface area contributed by atoms with Crippen LogP contribution in [-0.4, -0.2) is 64.5 Å². The van der Waals surface area contributed by atoms with Crippen molar-refractivity contribution in [1.82, 2.24) is 25.4 Å². The highest BCUT2D eigenvalue weighted by atomic mass is 35.5. The van der Waals surface area contributed by atoms with Crippen molar-refractivity contribution >= 4 is 23.5 Å². The Kier molecular flexibility index (Phi) is 11.2. The minimum Gasteiger partial charge on any atom is -0.352 e. The van der Waals surface area contributed by atoms with Gasteiger partial charge in [-0.3, -0.25) is 4.79 Å². The molecule has 1 aromatic carbocycles. The molecule has 2 N–H and O–H groups in total. The second-order valence-electron chi connectivity index (χ2n) is 11.6. The van der Waals surface area contributed by atoms with Crippen molar-refractivity contribution < 1.29 is 9.59 Å². The van der Waals surface area contributed by atoms with E-state index in [-0.39, 0.29) is 18.0 Å². The lowest BCUT2D eigenvalue weighted by molar-refractivity contribution is 0.0897. The van der Waals surface area contributed by atoms with Gasteiger partial charge in [-0.15, -0.1) is 0 Å². The lowest BCUT2D eigenvalue weighted by Crippen LogP contribution is -2.53. The minimum atomic E-state index is -0.0960. The number of hydrogen-bond donors (Lipinski definition) is 2. The van der Waals surface area contributed by atoms with Crippen molar-refractivity contribution in [3.05, 3.63) is 63.9 Å². The van der Waals surface area contributed by atoms with Crippen molar-refractivity contribution in [1.29, 1.82) is 0 Å². The molecule has 1 aromatic heterocycles. The van der Waals surface area contributed by atoms with Crippen LogP contribution in [0.1, 0.15) is 91.9 Å². The zero-order chi connectivity index (χ0) is 28.5. The molecule has 40 heavy (non-hydrogen) atoms. The van der Waals surface area contributed by atoms with Crippen molar-refractivity contribution in [2.45, 2.75) is 103 Å². The molecule has 8 heteroatoms. The van der Waals surface area contributed by atoms with Crippen molar-refractivity contribution in [2.24, 2.45) is 0 Å². The molecule has 0 radical (unpaired) electrons. The predicted octanol–water partition coefficient (Wildman–Crippen LogP) is 6.26. The maximum atomic E-state index is 13.6. The second kappa shape index (κ2) is 14.8. The van der Waals surface area contributed by atoms with Crippen LogP contribution in [0.25, 0.3) is 0 Å². The van der Waals surface area contributed by atoms with Crippen LogP contribution in [0.5, 0.6) is 0 Å². The van der Waals surface area contributed by atoms with Gasteiger partial charge in [0.05, 0.1) is 11.3 Å². The summed E-state index contributed by atoms with van der Waals surface area (Å²) >= 11 is 6.02. The summed E-state index contributed by atoms with van der Waals surface area (Å²) in [5.41, 5.74) is 3.28. The number of nitrogens with zero attached hydrogens (tertiary/aromatic N) is 3. The van der Waals surface area contributed by atoms with Gasteiger partial charge >= 0.3 is 6.03 Å². The number of aryl methyl sites for hydroxylation is 2. The summed E-state index contributed by atoms with van der Waals surface area (Å²) in [6.07, 6.45) is 9.91. The van der Waals surface area contributed by atoms with Crippen LogP contribution in [0, 0.1) is 13.8 Å². The summed E-state index contributed by atoms with van der Waals surface area (Å²) in [5, 5.41) is 6.88. The normalized spacial score (nSPS) is 18.1. The highest BCUT2D eigenvalue weighted by Crippen LogP contribution is 2.23. The van der Waals surface area contributed by atoms with Crippen LogP contribution in [-0.2, 0) is 6.54 Å². The summed E-state index contributed by atoms with van der Waals surface area (Å²) in [6.45, 7) is 9.07. The standard InChI is InChI=1S/C32H46ClN5O2/c1-23-21-29(33)35-25(3)30(23)31(39)34-18-15-24(2)37-19-16-28(17-20-37)38(22-26-11-7-6-8-12-26)32(40)36-27-13-9-4-5-10-14-27/h6-8,11-12,21,24,27-28H,4-5,9-10,13-20,22H2,1-3H3,(H,34,39)(H,36,40). The average Bonchev–Trinajstić information content (AvgIpc) is 3.20. The van der Waals surface area contributed by atoms with Gasteiger partial charge in [0.25, 0.3) is 5.91 Å². The molecule has 0 bridgehead atoms. The zero-order valence-corrected chi connectivity index (χ0v) is 25.2. The molecule has 2 heterocycles. The third-order valence-corrected chi connectivity index (χ3v) is 8.84. The van der Waals surface area contributed by atoms with Gasteiger partial charge in [0, 0.05) is 44.3 Å². The molecule has 1 unspecified atom stereocenters. The summed E-state index contributed by atoms with van der Waals surface area (Å²) in [5.74, 6) is -0.0960. The largest absolute Gasteiger partial charge is 0.352 e. The van der Waals surface area contributed by atoms with Crippen molar-refractivity contribution in [2.75, 3.05) is 19.6 Å². The minimum absolute atomic E-state index is 0.0900. The third-order valence-electron chi connectivity index (χ3n) is 8.64. The van der Waals surface area contributed by atoms with Gasteiger partial charge in [0.2, 0.25) is 0 Å². The van der Waals surface area contributed by atoms with Gasteiger partial charge in [-0.25, -0.2) is 9.78 Å². The Hall–Kier alpha value is -2.64. The van der Waals surface area contributed by atoms with Crippen LogP contribution in [0.15, 0.2) is 36.4 Å². The zero-order valence-electron chi connectivity index (χ0n) is 24.4. The SMILES string of the molecule is Cc1cc(Cl)nc(C)c1C(=O)NCCC(C)N1CCC(N(Cc2ccccc2)C(=O)NC2CCCCCC2)CC1. The molecule has 7 nitrogen and oxygen atoms in total. The highest BCUT2D eigenvalue weighted by Gasteiger charge is 2.31. The number of urea groups is 1. The summed E-state index contributed by atoms with van der Waals surface area (Å²) in [7, 11) is 0. The lowest BCUT2D eigenvalue weighted by Gasteiger charge is -2.41. The van der Waals surface area contributed by atoms with E-state index in [0.29, 0.717) is 41.6 Å². The molecule has 218 valence electrons. The van der Waals surface area contributed by atoms with Crippen LogP contribution in [0.4, 0.5) is 4.79 Å². The molecule has 3 amide bonds. The lowest BCUT2D eigenvalue weighted by atomic mass is 10.00. The van der Waals surface area contributed by atoms with Crippen LogP contribution >= 0.6 is 11.6 Å². The number of amides is 3. The smallest absolute Gasteiger partial charge is 0.318 e. The maximum Gasteiger partial charge on any atom is 0.318 e. The number of hydrogen-bond acceptors (Lipinski definition) is 4. The first-order valence-electron chi connectivity index (χ1n) is 15.1. The molecule has 2 fully saturated rings. The summed E-state index contributed by atoms with van der Waals surface area (Å²) in [4.78, 5) is 35.2. The fourth-order valence-electron chi connectivity index (χ4n) is 6.26. The molecular weight excluding hydrogens is 522 g/mol. The van der Waals surface area contributed by atoms with Crippen LogP contribution < -0.4 is 10.6 Å². The molecular formula is C32H46ClN5O2. The topological polar surface area (TPSA) is 77.6 Å². The average molecular weight is 568 g/mol. The Morgan fingerprint density at radius 3 is 2.38 bits per heavy atom. The Morgan fingerprint density at radius 2 is 1.73 bits per heavy atom. The van der Waals surface area contributed by atoms with Crippen molar-refractivity contribution in [3.8, 4) is 0 Å². The number of aromatic nitrogens is 1. The Balaban J connectivity index is 1.29. The Labute approximate surface area is 245 Å². The van der Waals surface area contributed by atoms with Gasteiger partial charge in [0.1, 0.15) is 5.15 Å². The molecule has 2 aromatic rings. The summed E-state index contributed by atoms with van der Waals surface area (Å²) in [6, 6.07) is 13.0. The molecule has 2 aliphatic rings. The summed E-state index contributed by atoms with van der Waals surface area (Å²) < 4.78 is 0. The van der Waals surface area contributed by atoms with Gasteiger partial charge in [-0.2, -0.15) is 0 Å². The van der Waals surface area contributed by atoms with Gasteiger partial charge in [-0.1, -0.05) is 67.6 Å². The number of likely N-dealkylation sites (tertiary alicyclic amines) is 1. The van der Waals surface area contributed by atoms with Crippen molar-refractivity contribution in [3.63, 3.8) is 0 Å². The van der Waals surface area contributed by atoms with E-state index in [9.17, 15) is 9.59 Å². The number of halogens is 1. The van der Waals surface area contributed by atoms with Gasteiger partial charge in [0.15, 0.2) is 0 Å². The molecule has 1 atom stereocenters. The number of benzene rings is 1. The second-order valence-corrected chi connectivity index (χ2v) is 12.0. The van der Waals surface area contributed by atoms with E-state index in [0.717, 1.165) is 50.8 Å². The fraction of sp³-hybridized carbons (Fsp3) is 0.594. The van der Waals surface area contributed by atoms with Gasteiger partial charge in [-0.05, 0) is 70.1 Å². The Morgan fingerprint density at radius 1 is 1.05 bits per heavy atom. The molecule has 1 aliphatic carbocycles. The number of carbonyl (C=O) groups excluding carboxylic acids is 2. The predicted molar refractivity (Wildman–Crippen MR) is 162 cm³/mol. The first kappa shape index (κ1) is 30.3. The van der Waals surface area contributed by atoms with Crippen LogP contribution in [0.3, 0.4) is 0 Å².